The molecule has 3 rings (SSSR count). The van der Waals surface area contributed by atoms with Gasteiger partial charge in [-0.3, -0.25) is 0 Å². The van der Waals surface area contributed by atoms with E-state index in [9.17, 15) is 4.39 Å². The first kappa shape index (κ1) is 13.5. The minimum absolute atomic E-state index is 0.291. The average molecular weight is 278 g/mol. The molecule has 3 N–H and O–H groups in total. The molecule has 110 valence electrons. The van der Waals surface area contributed by atoms with Gasteiger partial charge in [-0.2, -0.15) is 0 Å². The van der Waals surface area contributed by atoms with Crippen LogP contribution in [-0.2, 0) is 0 Å². The van der Waals surface area contributed by atoms with Crippen molar-refractivity contribution in [1.82, 2.24) is 0 Å². The number of rotatable bonds is 7. The van der Waals surface area contributed by atoms with Crippen LogP contribution in [-0.4, -0.2) is 13.2 Å². The second-order valence-corrected chi connectivity index (χ2v) is 6.21. The van der Waals surface area contributed by atoms with Gasteiger partial charge in [0.2, 0.25) is 0 Å². The molecule has 2 saturated carbocycles. The van der Waals surface area contributed by atoms with Crippen molar-refractivity contribution in [3.05, 3.63) is 17.9 Å². The van der Waals surface area contributed by atoms with E-state index in [0.29, 0.717) is 23.5 Å². The van der Waals surface area contributed by atoms with Crippen LogP contribution < -0.4 is 15.8 Å². The molecule has 20 heavy (non-hydrogen) atoms. The molecule has 0 saturated heterocycles. The molecular weight excluding hydrogens is 255 g/mol. The zero-order valence-corrected chi connectivity index (χ0v) is 12.0. The van der Waals surface area contributed by atoms with Crippen molar-refractivity contribution in [3.63, 3.8) is 0 Å². The van der Waals surface area contributed by atoms with Crippen molar-refractivity contribution < 1.29 is 9.13 Å². The Morgan fingerprint density at radius 1 is 1.40 bits per heavy atom. The lowest BCUT2D eigenvalue weighted by Gasteiger charge is -2.18. The Hall–Kier alpha value is -1.45. The maximum atomic E-state index is 13.7. The van der Waals surface area contributed by atoms with Crippen LogP contribution >= 0.6 is 0 Å². The number of nitrogen functional groups attached to an aromatic ring is 1. The Kier molecular flexibility index (Phi) is 3.48. The third-order valence-corrected chi connectivity index (χ3v) is 4.53. The summed E-state index contributed by atoms with van der Waals surface area (Å²) in [5, 5.41) is 3.41. The van der Waals surface area contributed by atoms with Crippen LogP contribution in [0.5, 0.6) is 5.75 Å². The minimum Gasteiger partial charge on any atom is -0.490 e. The SMILES string of the molecule is CCCOc1cc(NCC2(C3CC3)CC2)c(N)cc1F. The standard InChI is InChI=1S/C16H23FN2O/c1-2-7-20-15-9-14(13(18)8-12(15)17)19-10-16(5-6-16)11-3-4-11/h8-9,11,19H,2-7,10,18H2,1H3. The van der Waals surface area contributed by atoms with Crippen molar-refractivity contribution in [3.8, 4) is 5.75 Å². The van der Waals surface area contributed by atoms with Gasteiger partial charge >= 0.3 is 0 Å². The van der Waals surface area contributed by atoms with E-state index in [-0.39, 0.29) is 5.82 Å². The lowest BCUT2D eigenvalue weighted by Crippen LogP contribution is -2.18. The first-order chi connectivity index (χ1) is 9.64. The second-order valence-electron chi connectivity index (χ2n) is 6.21. The summed E-state index contributed by atoms with van der Waals surface area (Å²) in [5.74, 6) is 0.803. The third-order valence-electron chi connectivity index (χ3n) is 4.53. The van der Waals surface area contributed by atoms with E-state index in [4.69, 9.17) is 10.5 Å². The zero-order chi connectivity index (χ0) is 14.2. The molecular formula is C16H23FN2O. The molecule has 0 unspecified atom stereocenters. The van der Waals surface area contributed by atoms with E-state index < -0.39 is 0 Å². The molecule has 2 aliphatic rings. The fourth-order valence-corrected chi connectivity index (χ4v) is 2.90. The van der Waals surface area contributed by atoms with Crippen LogP contribution in [0, 0.1) is 17.2 Å². The molecule has 0 aromatic heterocycles. The summed E-state index contributed by atoms with van der Waals surface area (Å²) in [6.07, 6.45) is 6.21. The van der Waals surface area contributed by atoms with Gasteiger partial charge in [0.25, 0.3) is 0 Å². The first-order valence-corrected chi connectivity index (χ1v) is 7.60. The smallest absolute Gasteiger partial charge is 0.167 e. The highest BCUT2D eigenvalue weighted by Gasteiger charge is 2.53. The topological polar surface area (TPSA) is 47.3 Å². The Balaban J connectivity index is 1.68. The summed E-state index contributed by atoms with van der Waals surface area (Å²) in [4.78, 5) is 0. The highest BCUT2D eigenvalue weighted by atomic mass is 19.1. The molecule has 0 spiro atoms. The lowest BCUT2D eigenvalue weighted by atomic mass is 10.0. The van der Waals surface area contributed by atoms with Crippen LogP contribution in [0.2, 0.25) is 0 Å². The second kappa shape index (κ2) is 5.15. The molecule has 2 fully saturated rings. The quantitative estimate of drug-likeness (QED) is 0.746. The largest absolute Gasteiger partial charge is 0.490 e. The van der Waals surface area contributed by atoms with Crippen molar-refractivity contribution in [1.29, 1.82) is 0 Å². The summed E-state index contributed by atoms with van der Waals surface area (Å²) in [6, 6.07) is 3.05. The number of nitrogens with one attached hydrogen (secondary N) is 1. The van der Waals surface area contributed by atoms with E-state index in [2.05, 4.69) is 5.32 Å². The average Bonchev–Trinajstić information content (AvgIpc) is 3.27. The number of hydrogen-bond acceptors (Lipinski definition) is 3. The molecule has 0 atom stereocenters. The number of halogens is 1. The van der Waals surface area contributed by atoms with Gasteiger partial charge in [0.05, 0.1) is 18.0 Å². The van der Waals surface area contributed by atoms with Crippen LogP contribution in [0.25, 0.3) is 0 Å². The van der Waals surface area contributed by atoms with Gasteiger partial charge in [0, 0.05) is 18.7 Å². The molecule has 0 radical (unpaired) electrons. The molecule has 0 aliphatic heterocycles. The predicted molar refractivity (Wildman–Crippen MR) is 79.5 cm³/mol. The van der Waals surface area contributed by atoms with E-state index in [1.807, 2.05) is 6.92 Å². The molecule has 0 amide bonds. The maximum absolute atomic E-state index is 13.7. The van der Waals surface area contributed by atoms with Crippen LogP contribution in [0.15, 0.2) is 12.1 Å². The number of nitrogens with two attached hydrogens (primary N) is 1. The summed E-state index contributed by atoms with van der Waals surface area (Å²) < 4.78 is 19.2. The van der Waals surface area contributed by atoms with Gasteiger partial charge in [-0.1, -0.05) is 6.92 Å². The van der Waals surface area contributed by atoms with Crippen molar-refractivity contribution in [2.45, 2.75) is 39.0 Å². The van der Waals surface area contributed by atoms with Gasteiger partial charge in [0.1, 0.15) is 0 Å². The van der Waals surface area contributed by atoms with Crippen molar-refractivity contribution >= 4 is 11.4 Å². The molecule has 1 aromatic carbocycles. The first-order valence-electron chi connectivity index (χ1n) is 7.60. The van der Waals surface area contributed by atoms with Crippen LogP contribution in [0.3, 0.4) is 0 Å². The zero-order valence-electron chi connectivity index (χ0n) is 12.0. The predicted octanol–water partition coefficient (Wildman–Crippen LogP) is 3.80. The molecule has 0 bridgehead atoms. The van der Waals surface area contributed by atoms with Crippen molar-refractivity contribution in [2.24, 2.45) is 11.3 Å². The van der Waals surface area contributed by atoms with Gasteiger partial charge in [0.15, 0.2) is 11.6 Å². The Morgan fingerprint density at radius 3 is 2.75 bits per heavy atom. The highest BCUT2D eigenvalue weighted by molar-refractivity contribution is 5.68. The maximum Gasteiger partial charge on any atom is 0.167 e. The van der Waals surface area contributed by atoms with Crippen LogP contribution in [0.1, 0.15) is 39.0 Å². The Morgan fingerprint density at radius 2 is 2.15 bits per heavy atom. The van der Waals surface area contributed by atoms with E-state index in [1.165, 1.54) is 31.7 Å². The minimum atomic E-state index is -0.384. The van der Waals surface area contributed by atoms with Crippen molar-refractivity contribution in [2.75, 3.05) is 24.2 Å². The number of benzene rings is 1. The normalized spacial score (nSPS) is 19.7. The monoisotopic (exact) mass is 278 g/mol. The van der Waals surface area contributed by atoms with Gasteiger partial charge < -0.3 is 15.8 Å². The summed E-state index contributed by atoms with van der Waals surface area (Å²) in [6.45, 7) is 3.47. The summed E-state index contributed by atoms with van der Waals surface area (Å²) in [5.41, 5.74) is 7.65. The van der Waals surface area contributed by atoms with E-state index in [0.717, 1.165) is 24.6 Å². The Bertz CT molecular complexity index is 495. The summed E-state index contributed by atoms with van der Waals surface area (Å²) >= 11 is 0. The molecule has 3 nitrogen and oxygen atoms in total. The Labute approximate surface area is 119 Å². The van der Waals surface area contributed by atoms with Gasteiger partial charge in [-0.05, 0) is 43.4 Å². The third kappa shape index (κ3) is 2.69. The van der Waals surface area contributed by atoms with E-state index >= 15 is 0 Å². The van der Waals surface area contributed by atoms with Gasteiger partial charge in [-0.25, -0.2) is 4.39 Å². The molecule has 0 heterocycles. The lowest BCUT2D eigenvalue weighted by molar-refractivity contribution is 0.301. The fraction of sp³-hybridized carbons (Fsp3) is 0.625. The number of hydrogen-bond donors (Lipinski definition) is 2. The molecule has 4 heteroatoms. The fourth-order valence-electron chi connectivity index (χ4n) is 2.90. The van der Waals surface area contributed by atoms with E-state index in [1.54, 1.807) is 6.07 Å². The number of ether oxygens (including phenoxy) is 1. The van der Waals surface area contributed by atoms with Crippen LogP contribution in [0.4, 0.5) is 15.8 Å². The summed E-state index contributed by atoms with van der Waals surface area (Å²) in [7, 11) is 0. The molecule has 1 aromatic rings. The van der Waals surface area contributed by atoms with Gasteiger partial charge in [-0.15, -0.1) is 0 Å². The highest BCUT2D eigenvalue weighted by Crippen LogP contribution is 2.61. The molecule has 2 aliphatic carbocycles. The number of anilines is 2.